The van der Waals surface area contributed by atoms with Gasteiger partial charge < -0.3 is 5.32 Å². The maximum Gasteiger partial charge on any atom is 0.226 e. The standard InChI is InChI=1S/C16H19N5OS2/c1-3-8-21-14(19-20-16(21)23)13-10(2)17-15(24-13)18-12(22)9-11-6-4-5-7-11/h3-4,6,11H,1,5,7-9H2,2H3,(H,20,23)(H,17,18,22)/t11-/m0/s1. The van der Waals surface area contributed by atoms with E-state index in [0.717, 1.165) is 23.4 Å². The molecule has 3 rings (SSSR count). The van der Waals surface area contributed by atoms with E-state index in [9.17, 15) is 4.79 Å². The van der Waals surface area contributed by atoms with E-state index in [-0.39, 0.29) is 5.91 Å². The Bertz CT molecular complexity index is 845. The minimum absolute atomic E-state index is 0.00296. The molecule has 1 aliphatic rings. The number of H-pyrrole nitrogens is 1. The van der Waals surface area contributed by atoms with Crippen molar-refractivity contribution < 1.29 is 4.79 Å². The quantitative estimate of drug-likeness (QED) is 0.605. The lowest BCUT2D eigenvalue weighted by atomic mass is 10.1. The minimum Gasteiger partial charge on any atom is -0.302 e. The largest absolute Gasteiger partial charge is 0.302 e. The SMILES string of the molecule is C=CCn1c(-c2sc(NC(=O)C[C@H]3C=CCC3)nc2C)n[nH]c1=S. The first-order chi connectivity index (χ1) is 11.6. The van der Waals surface area contributed by atoms with E-state index >= 15 is 0 Å². The van der Waals surface area contributed by atoms with Crippen molar-refractivity contribution in [1.82, 2.24) is 19.7 Å². The molecule has 0 saturated heterocycles. The van der Waals surface area contributed by atoms with Gasteiger partial charge in [0, 0.05) is 13.0 Å². The number of carbonyl (C=O) groups excluding carboxylic acids is 1. The Balaban J connectivity index is 1.78. The van der Waals surface area contributed by atoms with Crippen LogP contribution < -0.4 is 5.32 Å². The summed E-state index contributed by atoms with van der Waals surface area (Å²) in [7, 11) is 0. The van der Waals surface area contributed by atoms with Crippen molar-refractivity contribution >= 4 is 34.6 Å². The highest BCUT2D eigenvalue weighted by atomic mass is 32.1. The predicted molar refractivity (Wildman–Crippen MR) is 98.6 cm³/mol. The number of hydrogen-bond donors (Lipinski definition) is 2. The van der Waals surface area contributed by atoms with E-state index in [4.69, 9.17) is 12.2 Å². The number of anilines is 1. The smallest absolute Gasteiger partial charge is 0.226 e. The molecule has 0 fully saturated rings. The van der Waals surface area contributed by atoms with Crippen LogP contribution in [0.15, 0.2) is 24.8 Å². The summed E-state index contributed by atoms with van der Waals surface area (Å²) in [5.41, 5.74) is 0.815. The van der Waals surface area contributed by atoms with Gasteiger partial charge in [-0.05, 0) is 37.9 Å². The lowest BCUT2D eigenvalue weighted by molar-refractivity contribution is -0.116. The van der Waals surface area contributed by atoms with Gasteiger partial charge in [-0.2, -0.15) is 5.10 Å². The van der Waals surface area contributed by atoms with Crippen molar-refractivity contribution in [3.8, 4) is 10.7 Å². The van der Waals surface area contributed by atoms with Crippen LogP contribution in [0.4, 0.5) is 5.13 Å². The molecule has 1 amide bonds. The third-order valence-electron chi connectivity index (χ3n) is 3.88. The van der Waals surface area contributed by atoms with Gasteiger partial charge in [0.2, 0.25) is 5.91 Å². The zero-order chi connectivity index (χ0) is 17.1. The van der Waals surface area contributed by atoms with Gasteiger partial charge in [-0.25, -0.2) is 4.98 Å². The molecular weight excluding hydrogens is 342 g/mol. The number of amides is 1. The maximum atomic E-state index is 12.2. The van der Waals surface area contributed by atoms with Crippen molar-refractivity contribution in [3.05, 3.63) is 35.3 Å². The average Bonchev–Trinajstić information content (AvgIpc) is 3.23. The lowest BCUT2D eigenvalue weighted by Gasteiger charge is -2.06. The van der Waals surface area contributed by atoms with Crippen LogP contribution in [0.25, 0.3) is 10.7 Å². The molecule has 24 heavy (non-hydrogen) atoms. The number of hydrogen-bond acceptors (Lipinski definition) is 5. The van der Waals surface area contributed by atoms with Crippen LogP contribution in [0, 0.1) is 17.6 Å². The number of thiazole rings is 1. The molecule has 6 nitrogen and oxygen atoms in total. The Hall–Kier alpha value is -2.06. The highest BCUT2D eigenvalue weighted by molar-refractivity contribution is 7.71. The lowest BCUT2D eigenvalue weighted by Crippen LogP contribution is -2.14. The van der Waals surface area contributed by atoms with E-state index in [0.29, 0.717) is 34.6 Å². The van der Waals surface area contributed by atoms with E-state index < -0.39 is 0 Å². The van der Waals surface area contributed by atoms with Crippen LogP contribution in [0.3, 0.4) is 0 Å². The van der Waals surface area contributed by atoms with Crippen molar-refractivity contribution in [2.45, 2.75) is 32.7 Å². The number of nitrogens with one attached hydrogen (secondary N) is 2. The molecule has 2 heterocycles. The van der Waals surface area contributed by atoms with Gasteiger partial charge in [-0.3, -0.25) is 14.5 Å². The molecule has 2 N–H and O–H groups in total. The molecule has 126 valence electrons. The Kier molecular flexibility index (Phi) is 5.06. The summed E-state index contributed by atoms with van der Waals surface area (Å²) in [6.45, 7) is 6.21. The molecule has 2 aromatic heterocycles. The van der Waals surface area contributed by atoms with Crippen molar-refractivity contribution in [2.24, 2.45) is 5.92 Å². The summed E-state index contributed by atoms with van der Waals surface area (Å²) in [6, 6.07) is 0. The highest BCUT2D eigenvalue weighted by Gasteiger charge is 2.19. The molecule has 0 spiro atoms. The van der Waals surface area contributed by atoms with Gasteiger partial charge in [0.15, 0.2) is 15.7 Å². The van der Waals surface area contributed by atoms with Gasteiger partial charge in [0.25, 0.3) is 0 Å². The second-order valence-electron chi connectivity index (χ2n) is 5.70. The van der Waals surface area contributed by atoms with Crippen LogP contribution >= 0.6 is 23.6 Å². The third kappa shape index (κ3) is 3.54. The Morgan fingerprint density at radius 1 is 1.67 bits per heavy atom. The van der Waals surface area contributed by atoms with Crippen LogP contribution in [0.2, 0.25) is 0 Å². The molecule has 0 aliphatic heterocycles. The van der Waals surface area contributed by atoms with E-state index in [2.05, 4.69) is 39.2 Å². The molecule has 1 atom stereocenters. The second-order valence-corrected chi connectivity index (χ2v) is 7.09. The summed E-state index contributed by atoms with van der Waals surface area (Å²) in [4.78, 5) is 17.5. The summed E-state index contributed by atoms with van der Waals surface area (Å²) in [6.07, 6.45) is 8.62. The fourth-order valence-corrected chi connectivity index (χ4v) is 3.91. The molecule has 1 aliphatic carbocycles. The van der Waals surface area contributed by atoms with Crippen LogP contribution in [0.5, 0.6) is 0 Å². The van der Waals surface area contributed by atoms with Gasteiger partial charge in [-0.15, -0.1) is 6.58 Å². The van der Waals surface area contributed by atoms with Gasteiger partial charge in [-0.1, -0.05) is 29.6 Å². The first kappa shape index (κ1) is 16.8. The Morgan fingerprint density at radius 3 is 3.21 bits per heavy atom. The monoisotopic (exact) mass is 361 g/mol. The van der Waals surface area contributed by atoms with E-state index in [1.807, 2.05) is 11.5 Å². The summed E-state index contributed by atoms with van der Waals surface area (Å²) >= 11 is 6.65. The topological polar surface area (TPSA) is 75.6 Å². The third-order valence-corrected chi connectivity index (χ3v) is 5.26. The Morgan fingerprint density at radius 2 is 2.50 bits per heavy atom. The van der Waals surface area contributed by atoms with Crippen LogP contribution in [-0.2, 0) is 11.3 Å². The maximum absolute atomic E-state index is 12.2. The number of aryl methyl sites for hydroxylation is 1. The average molecular weight is 361 g/mol. The molecule has 0 unspecified atom stereocenters. The number of allylic oxidation sites excluding steroid dienone is 3. The molecule has 8 heteroatoms. The van der Waals surface area contributed by atoms with E-state index in [1.54, 1.807) is 6.08 Å². The van der Waals surface area contributed by atoms with Gasteiger partial charge in [0.05, 0.1) is 10.6 Å². The van der Waals surface area contributed by atoms with Crippen LogP contribution in [0.1, 0.15) is 25.0 Å². The van der Waals surface area contributed by atoms with Gasteiger partial charge >= 0.3 is 0 Å². The fraction of sp³-hybridized carbons (Fsp3) is 0.375. The number of rotatable bonds is 6. The molecule has 2 aromatic rings. The van der Waals surface area contributed by atoms with Gasteiger partial charge in [0.1, 0.15) is 0 Å². The van der Waals surface area contributed by atoms with Crippen LogP contribution in [-0.4, -0.2) is 25.7 Å². The first-order valence-corrected chi connectivity index (χ1v) is 9.01. The zero-order valence-electron chi connectivity index (χ0n) is 13.4. The second kappa shape index (κ2) is 7.23. The molecule has 0 bridgehead atoms. The number of aromatic nitrogens is 4. The number of nitrogens with zero attached hydrogens (tertiary/aromatic N) is 3. The Labute approximate surface area is 149 Å². The zero-order valence-corrected chi connectivity index (χ0v) is 15.0. The normalized spacial score (nSPS) is 16.5. The number of carbonyl (C=O) groups is 1. The van der Waals surface area contributed by atoms with E-state index in [1.165, 1.54) is 11.3 Å². The number of aromatic amines is 1. The molecule has 0 aromatic carbocycles. The summed E-state index contributed by atoms with van der Waals surface area (Å²) < 4.78 is 2.40. The van der Waals surface area contributed by atoms with Crippen molar-refractivity contribution in [2.75, 3.05) is 5.32 Å². The fourth-order valence-electron chi connectivity index (χ4n) is 2.72. The molecular formula is C16H19N5OS2. The van der Waals surface area contributed by atoms with Crippen molar-refractivity contribution in [3.63, 3.8) is 0 Å². The summed E-state index contributed by atoms with van der Waals surface area (Å²) in [5.74, 6) is 1.06. The first-order valence-electron chi connectivity index (χ1n) is 7.79. The predicted octanol–water partition coefficient (Wildman–Crippen LogP) is 3.85. The minimum atomic E-state index is -0.00296. The summed E-state index contributed by atoms with van der Waals surface area (Å²) in [5, 5.41) is 10.6. The van der Waals surface area contributed by atoms with Crippen molar-refractivity contribution in [1.29, 1.82) is 0 Å². The molecule has 0 saturated carbocycles. The highest BCUT2D eigenvalue weighted by Crippen LogP contribution is 2.32. The molecule has 0 radical (unpaired) electrons.